The Kier molecular flexibility index (Phi) is 5.99. The number of para-hydroxylation sites is 1. The molecule has 0 radical (unpaired) electrons. The second-order valence-corrected chi connectivity index (χ2v) is 7.76. The first-order valence-electron chi connectivity index (χ1n) is 7.23. The lowest BCUT2D eigenvalue weighted by Crippen LogP contribution is -2.16. The second kappa shape index (κ2) is 7.81. The normalized spacial score (nSPS) is 12.6. The molecule has 25 heavy (non-hydrogen) atoms. The SMILES string of the molecule is COC(CNc1cccc(S(C)(=O)=O)c1[N+](=O)[O-])c1cccc(Cl)c1. The van der Waals surface area contributed by atoms with E-state index in [2.05, 4.69) is 5.32 Å². The van der Waals surface area contributed by atoms with Crippen molar-refractivity contribution in [3.63, 3.8) is 0 Å². The van der Waals surface area contributed by atoms with Crippen molar-refractivity contribution in [3.05, 3.63) is 63.2 Å². The summed E-state index contributed by atoms with van der Waals surface area (Å²) < 4.78 is 29.0. The number of nitrogens with zero attached hydrogens (tertiary/aromatic N) is 1. The van der Waals surface area contributed by atoms with Crippen LogP contribution in [-0.4, -0.2) is 33.3 Å². The molecular weight excluding hydrogens is 368 g/mol. The molecule has 1 unspecified atom stereocenters. The van der Waals surface area contributed by atoms with Crippen molar-refractivity contribution in [2.75, 3.05) is 25.2 Å². The number of nitrogens with one attached hydrogen (secondary N) is 1. The van der Waals surface area contributed by atoms with Crippen LogP contribution in [0.4, 0.5) is 11.4 Å². The minimum Gasteiger partial charge on any atom is -0.376 e. The molecule has 0 saturated heterocycles. The molecule has 2 aromatic carbocycles. The molecular formula is C16H17ClN2O5S. The fourth-order valence-corrected chi connectivity index (χ4v) is 3.46. The van der Waals surface area contributed by atoms with E-state index in [1.54, 1.807) is 18.2 Å². The third kappa shape index (κ3) is 4.68. The third-order valence-corrected chi connectivity index (χ3v) is 4.93. The second-order valence-electron chi connectivity index (χ2n) is 5.34. The van der Waals surface area contributed by atoms with Crippen LogP contribution in [0.2, 0.25) is 5.02 Å². The summed E-state index contributed by atoms with van der Waals surface area (Å²) in [5.41, 5.74) is 0.423. The number of sulfone groups is 1. The molecule has 0 heterocycles. The van der Waals surface area contributed by atoms with Crippen molar-refractivity contribution in [2.24, 2.45) is 0 Å². The third-order valence-electron chi connectivity index (χ3n) is 3.56. The number of anilines is 1. The monoisotopic (exact) mass is 384 g/mol. The molecule has 0 bridgehead atoms. The number of rotatable bonds is 7. The van der Waals surface area contributed by atoms with Gasteiger partial charge >= 0.3 is 5.69 Å². The lowest BCUT2D eigenvalue weighted by Gasteiger charge is -2.18. The van der Waals surface area contributed by atoms with Crippen LogP contribution < -0.4 is 5.32 Å². The highest BCUT2D eigenvalue weighted by atomic mass is 35.5. The molecule has 9 heteroatoms. The number of halogens is 1. The van der Waals surface area contributed by atoms with Gasteiger partial charge in [0.25, 0.3) is 0 Å². The standard InChI is InChI=1S/C16H17ClN2O5S/c1-24-14(11-5-3-6-12(17)9-11)10-18-13-7-4-8-15(25(2,22)23)16(13)19(20)21/h3-9,14,18H,10H2,1-2H3. The number of hydrogen-bond donors (Lipinski definition) is 1. The van der Waals surface area contributed by atoms with Crippen molar-refractivity contribution in [1.29, 1.82) is 0 Å². The summed E-state index contributed by atoms with van der Waals surface area (Å²) in [5, 5.41) is 14.8. The van der Waals surface area contributed by atoms with Gasteiger partial charge < -0.3 is 10.1 Å². The average molecular weight is 385 g/mol. The van der Waals surface area contributed by atoms with E-state index in [0.717, 1.165) is 11.8 Å². The maximum absolute atomic E-state index is 11.8. The van der Waals surface area contributed by atoms with Crippen molar-refractivity contribution >= 4 is 32.8 Å². The van der Waals surface area contributed by atoms with Crippen LogP contribution in [-0.2, 0) is 14.6 Å². The Balaban J connectivity index is 2.32. The maximum atomic E-state index is 11.8. The van der Waals surface area contributed by atoms with E-state index in [0.29, 0.717) is 5.02 Å². The first-order valence-corrected chi connectivity index (χ1v) is 9.50. The van der Waals surface area contributed by atoms with E-state index in [9.17, 15) is 18.5 Å². The fourth-order valence-electron chi connectivity index (χ4n) is 2.40. The van der Waals surface area contributed by atoms with Crippen LogP contribution in [0.5, 0.6) is 0 Å². The zero-order valence-electron chi connectivity index (χ0n) is 13.6. The van der Waals surface area contributed by atoms with E-state index in [4.69, 9.17) is 16.3 Å². The zero-order valence-corrected chi connectivity index (χ0v) is 15.2. The fraction of sp³-hybridized carbons (Fsp3) is 0.250. The van der Waals surface area contributed by atoms with Gasteiger partial charge in [-0.15, -0.1) is 0 Å². The van der Waals surface area contributed by atoms with E-state index in [-0.39, 0.29) is 17.1 Å². The number of hydrogen-bond acceptors (Lipinski definition) is 6. The van der Waals surface area contributed by atoms with Crippen molar-refractivity contribution in [2.45, 2.75) is 11.0 Å². The van der Waals surface area contributed by atoms with E-state index in [1.165, 1.54) is 25.3 Å². The topological polar surface area (TPSA) is 98.5 Å². The van der Waals surface area contributed by atoms with Gasteiger partial charge in [0.05, 0.1) is 11.0 Å². The number of nitro benzene ring substituents is 1. The smallest absolute Gasteiger partial charge is 0.310 e. The summed E-state index contributed by atoms with van der Waals surface area (Å²) in [6.45, 7) is 0.199. The molecule has 2 aromatic rings. The number of benzene rings is 2. The lowest BCUT2D eigenvalue weighted by atomic mass is 10.1. The Morgan fingerprint density at radius 2 is 1.96 bits per heavy atom. The van der Waals surface area contributed by atoms with Gasteiger partial charge in [0.15, 0.2) is 9.84 Å². The lowest BCUT2D eigenvalue weighted by molar-refractivity contribution is -0.386. The molecule has 0 saturated carbocycles. The van der Waals surface area contributed by atoms with Gasteiger partial charge in [-0.3, -0.25) is 10.1 Å². The summed E-state index contributed by atoms with van der Waals surface area (Å²) >= 11 is 5.97. The Hall–Kier alpha value is -2.16. The highest BCUT2D eigenvalue weighted by Gasteiger charge is 2.26. The van der Waals surface area contributed by atoms with Gasteiger partial charge in [-0.2, -0.15) is 0 Å². The van der Waals surface area contributed by atoms with Crippen molar-refractivity contribution in [3.8, 4) is 0 Å². The average Bonchev–Trinajstić information content (AvgIpc) is 2.54. The highest BCUT2D eigenvalue weighted by Crippen LogP contribution is 2.32. The number of methoxy groups -OCH3 is 1. The summed E-state index contributed by atoms with van der Waals surface area (Å²) in [5.74, 6) is 0. The molecule has 0 spiro atoms. The number of ether oxygens (including phenoxy) is 1. The van der Waals surface area contributed by atoms with Gasteiger partial charge in [-0.25, -0.2) is 8.42 Å². The minimum absolute atomic E-state index is 0.108. The zero-order chi connectivity index (χ0) is 18.6. The predicted octanol–water partition coefficient (Wildman–Crippen LogP) is 3.45. The molecule has 1 atom stereocenters. The molecule has 0 aliphatic heterocycles. The van der Waals surface area contributed by atoms with Gasteiger partial charge in [0, 0.05) is 24.9 Å². The molecule has 0 aliphatic rings. The molecule has 0 amide bonds. The first-order chi connectivity index (χ1) is 11.7. The molecule has 7 nitrogen and oxygen atoms in total. The van der Waals surface area contributed by atoms with Crippen LogP contribution in [0.25, 0.3) is 0 Å². The highest BCUT2D eigenvalue weighted by molar-refractivity contribution is 7.90. The molecule has 1 N–H and O–H groups in total. The quantitative estimate of drug-likeness (QED) is 0.579. The van der Waals surface area contributed by atoms with Crippen molar-refractivity contribution in [1.82, 2.24) is 0 Å². The Bertz CT molecular complexity index is 886. The van der Waals surface area contributed by atoms with Crippen LogP contribution in [0, 0.1) is 10.1 Å². The first kappa shape index (κ1) is 19.2. The maximum Gasteiger partial charge on any atom is 0.310 e. The number of nitro groups is 1. The summed E-state index contributed by atoms with van der Waals surface area (Å²) in [4.78, 5) is 10.3. The van der Waals surface area contributed by atoms with Crippen molar-refractivity contribution < 1.29 is 18.1 Å². The summed E-state index contributed by atoms with van der Waals surface area (Å²) in [7, 11) is -2.22. The van der Waals surface area contributed by atoms with Gasteiger partial charge in [0.1, 0.15) is 10.6 Å². The molecule has 0 aromatic heterocycles. The Morgan fingerprint density at radius 3 is 2.52 bits per heavy atom. The Morgan fingerprint density at radius 1 is 1.28 bits per heavy atom. The molecule has 2 rings (SSSR count). The molecule has 134 valence electrons. The summed E-state index contributed by atoms with van der Waals surface area (Å²) in [6.07, 6.45) is 0.517. The van der Waals surface area contributed by atoms with E-state index in [1.807, 2.05) is 6.07 Å². The largest absolute Gasteiger partial charge is 0.376 e. The van der Waals surface area contributed by atoms with Crippen LogP contribution >= 0.6 is 11.6 Å². The van der Waals surface area contributed by atoms with Crippen LogP contribution in [0.1, 0.15) is 11.7 Å². The molecule has 0 fully saturated rings. The van der Waals surface area contributed by atoms with E-state index >= 15 is 0 Å². The van der Waals surface area contributed by atoms with Gasteiger partial charge in [-0.05, 0) is 29.8 Å². The minimum atomic E-state index is -3.73. The van der Waals surface area contributed by atoms with Gasteiger partial charge in [-0.1, -0.05) is 29.8 Å². The van der Waals surface area contributed by atoms with Crippen LogP contribution in [0.3, 0.4) is 0 Å². The van der Waals surface area contributed by atoms with E-state index < -0.39 is 26.6 Å². The summed E-state index contributed by atoms with van der Waals surface area (Å²) in [6, 6.07) is 11.2. The molecule has 0 aliphatic carbocycles. The Labute approximate surface area is 150 Å². The van der Waals surface area contributed by atoms with Gasteiger partial charge in [0.2, 0.25) is 0 Å². The van der Waals surface area contributed by atoms with Crippen LogP contribution in [0.15, 0.2) is 47.4 Å². The predicted molar refractivity (Wildman–Crippen MR) is 95.9 cm³/mol.